The zero-order valence-electron chi connectivity index (χ0n) is 22.2. The van der Waals surface area contributed by atoms with E-state index in [1.165, 1.54) is 4.90 Å². The maximum absolute atomic E-state index is 12.9. The van der Waals surface area contributed by atoms with Crippen LogP contribution >= 0.6 is 11.8 Å². The van der Waals surface area contributed by atoms with Gasteiger partial charge in [-0.05, 0) is 78.0 Å². The zero-order valence-corrected chi connectivity index (χ0v) is 23.0. The number of carbonyl (C=O) groups excluding carboxylic acids is 3. The van der Waals surface area contributed by atoms with E-state index in [9.17, 15) is 14.4 Å². The van der Waals surface area contributed by atoms with E-state index in [1.54, 1.807) is 30.3 Å². The number of nitrogens with zero attached hydrogens (tertiary/aromatic N) is 1. The Morgan fingerprint density at radius 1 is 0.900 bits per heavy atom. The summed E-state index contributed by atoms with van der Waals surface area (Å²) in [5, 5.41) is 4.58. The minimum atomic E-state index is -0.347. The minimum Gasteiger partial charge on any atom is -0.491 e. The number of thioether (sulfide) groups is 1. The van der Waals surface area contributed by atoms with Crippen LogP contribution in [0.2, 0.25) is 0 Å². The van der Waals surface area contributed by atoms with Gasteiger partial charge in [-0.3, -0.25) is 19.3 Å². The Morgan fingerprint density at radius 2 is 1.65 bits per heavy atom. The van der Waals surface area contributed by atoms with Crippen molar-refractivity contribution < 1.29 is 23.9 Å². The van der Waals surface area contributed by atoms with E-state index in [2.05, 4.69) is 5.32 Å². The summed E-state index contributed by atoms with van der Waals surface area (Å²) in [6, 6.07) is 26.4. The topological polar surface area (TPSA) is 84.9 Å². The van der Waals surface area contributed by atoms with Crippen molar-refractivity contribution in [3.8, 4) is 11.5 Å². The van der Waals surface area contributed by atoms with E-state index in [1.807, 2.05) is 74.5 Å². The third-order valence-electron chi connectivity index (χ3n) is 6.62. The van der Waals surface area contributed by atoms with Crippen LogP contribution in [0.3, 0.4) is 0 Å². The molecule has 0 spiro atoms. The molecule has 0 atom stereocenters. The van der Waals surface area contributed by atoms with Gasteiger partial charge in [-0.1, -0.05) is 60.7 Å². The molecular formula is C32H28N2O5S. The van der Waals surface area contributed by atoms with Crippen LogP contribution in [0.15, 0.2) is 89.8 Å². The summed E-state index contributed by atoms with van der Waals surface area (Å²) in [5.74, 6) is 0.633. The number of hydrogen-bond acceptors (Lipinski definition) is 6. The number of ether oxygens (including phenoxy) is 2. The summed E-state index contributed by atoms with van der Waals surface area (Å²) in [7, 11) is 0. The Hall–Kier alpha value is -4.56. The first-order chi connectivity index (χ1) is 19.4. The van der Waals surface area contributed by atoms with Gasteiger partial charge in [0.05, 0.1) is 11.4 Å². The minimum absolute atomic E-state index is 0.132. The summed E-state index contributed by atoms with van der Waals surface area (Å²) < 4.78 is 11.5. The van der Waals surface area contributed by atoms with Gasteiger partial charge in [0.15, 0.2) is 6.61 Å². The normalized spacial score (nSPS) is 14.2. The number of nitrogens with one attached hydrogen (secondary N) is 1. The standard InChI is InChI=1S/C32H28N2O5S/c1-21-7-5-11-27(22(21)2)33-30(35)20-39-25-15-13-23(14-16-25)19-29-31(36)34(32(37)40-29)17-18-38-28-12-6-9-24-8-3-4-10-26(24)28/h3-16,19H,17-18,20H2,1-2H3,(H,33,35)/b29-19-. The van der Waals surface area contributed by atoms with E-state index in [-0.39, 0.29) is 36.8 Å². The van der Waals surface area contributed by atoms with Crippen molar-refractivity contribution in [2.75, 3.05) is 25.1 Å². The Morgan fingerprint density at radius 3 is 2.48 bits per heavy atom. The van der Waals surface area contributed by atoms with Crippen molar-refractivity contribution in [3.05, 3.63) is 107 Å². The third-order valence-corrected chi connectivity index (χ3v) is 7.53. The molecule has 1 N–H and O–H groups in total. The van der Waals surface area contributed by atoms with E-state index in [0.717, 1.165) is 44.9 Å². The van der Waals surface area contributed by atoms with Gasteiger partial charge in [0.2, 0.25) is 0 Å². The number of anilines is 1. The largest absolute Gasteiger partial charge is 0.491 e. The quantitative estimate of drug-likeness (QED) is 0.236. The molecule has 0 radical (unpaired) electrons. The predicted octanol–water partition coefficient (Wildman–Crippen LogP) is 6.59. The summed E-state index contributed by atoms with van der Waals surface area (Å²) in [6.45, 7) is 4.17. The fourth-order valence-electron chi connectivity index (χ4n) is 4.29. The first-order valence-electron chi connectivity index (χ1n) is 12.8. The van der Waals surface area contributed by atoms with Crippen LogP contribution in [0.5, 0.6) is 11.5 Å². The van der Waals surface area contributed by atoms with Crippen LogP contribution < -0.4 is 14.8 Å². The second-order valence-corrected chi connectivity index (χ2v) is 10.3. The molecule has 0 unspecified atom stereocenters. The molecule has 5 rings (SSSR count). The Bertz CT molecular complexity index is 1610. The molecule has 7 nitrogen and oxygen atoms in total. The van der Waals surface area contributed by atoms with Crippen LogP contribution in [-0.4, -0.2) is 41.7 Å². The summed E-state index contributed by atoms with van der Waals surface area (Å²) in [5.41, 5.74) is 3.62. The average Bonchev–Trinajstić information content (AvgIpc) is 3.22. The SMILES string of the molecule is Cc1cccc(NC(=O)COc2ccc(/C=C3\SC(=O)N(CCOc4cccc5ccccc45)C3=O)cc2)c1C. The highest BCUT2D eigenvalue weighted by Crippen LogP contribution is 2.32. The number of hydrogen-bond donors (Lipinski definition) is 1. The second-order valence-electron chi connectivity index (χ2n) is 9.31. The molecule has 0 saturated carbocycles. The number of imide groups is 1. The number of fused-ring (bicyclic) bond motifs is 1. The van der Waals surface area contributed by atoms with Crippen LogP contribution in [0, 0.1) is 13.8 Å². The number of carbonyl (C=O) groups is 3. The predicted molar refractivity (Wildman–Crippen MR) is 159 cm³/mol. The van der Waals surface area contributed by atoms with Crippen molar-refractivity contribution in [3.63, 3.8) is 0 Å². The van der Waals surface area contributed by atoms with E-state index in [0.29, 0.717) is 16.4 Å². The smallest absolute Gasteiger partial charge is 0.293 e. The lowest BCUT2D eigenvalue weighted by Gasteiger charge is -2.14. The molecule has 1 fully saturated rings. The molecule has 4 aromatic carbocycles. The third kappa shape index (κ3) is 6.18. The molecule has 1 aliphatic rings. The summed E-state index contributed by atoms with van der Waals surface area (Å²) in [4.78, 5) is 39.3. The molecule has 1 saturated heterocycles. The van der Waals surface area contributed by atoms with Gasteiger partial charge in [-0.25, -0.2) is 0 Å². The lowest BCUT2D eigenvalue weighted by molar-refractivity contribution is -0.123. The highest BCUT2D eigenvalue weighted by atomic mass is 32.2. The van der Waals surface area contributed by atoms with Crippen molar-refractivity contribution in [1.29, 1.82) is 0 Å². The maximum atomic E-state index is 12.9. The van der Waals surface area contributed by atoms with Gasteiger partial charge >= 0.3 is 0 Å². The molecule has 1 aliphatic heterocycles. The summed E-state index contributed by atoms with van der Waals surface area (Å²) >= 11 is 0.906. The van der Waals surface area contributed by atoms with Crippen molar-refractivity contribution in [2.24, 2.45) is 0 Å². The fraction of sp³-hybridized carbons (Fsp3) is 0.156. The summed E-state index contributed by atoms with van der Waals surface area (Å²) in [6.07, 6.45) is 1.67. The average molecular weight is 553 g/mol. The van der Waals surface area contributed by atoms with Gasteiger partial charge in [0.25, 0.3) is 17.1 Å². The fourth-order valence-corrected chi connectivity index (χ4v) is 5.16. The molecule has 0 bridgehead atoms. The molecule has 4 aromatic rings. The van der Waals surface area contributed by atoms with Gasteiger partial charge in [-0.2, -0.15) is 0 Å². The molecule has 40 heavy (non-hydrogen) atoms. The van der Waals surface area contributed by atoms with Crippen molar-refractivity contribution >= 4 is 51.4 Å². The van der Waals surface area contributed by atoms with Crippen LogP contribution in [0.4, 0.5) is 10.5 Å². The lowest BCUT2D eigenvalue weighted by Crippen LogP contribution is -2.32. The lowest BCUT2D eigenvalue weighted by atomic mass is 10.1. The Balaban J connectivity index is 1.14. The molecule has 0 aromatic heterocycles. The Labute approximate surface area is 236 Å². The first-order valence-corrected chi connectivity index (χ1v) is 13.7. The monoisotopic (exact) mass is 552 g/mol. The van der Waals surface area contributed by atoms with Gasteiger partial charge in [0, 0.05) is 11.1 Å². The maximum Gasteiger partial charge on any atom is 0.293 e. The molecule has 202 valence electrons. The van der Waals surface area contributed by atoms with Crippen molar-refractivity contribution in [2.45, 2.75) is 13.8 Å². The van der Waals surface area contributed by atoms with E-state index >= 15 is 0 Å². The highest BCUT2D eigenvalue weighted by Gasteiger charge is 2.34. The number of benzene rings is 4. The van der Waals surface area contributed by atoms with Crippen LogP contribution in [0.25, 0.3) is 16.8 Å². The number of amides is 3. The van der Waals surface area contributed by atoms with Gasteiger partial charge in [-0.15, -0.1) is 0 Å². The van der Waals surface area contributed by atoms with E-state index in [4.69, 9.17) is 9.47 Å². The number of aryl methyl sites for hydroxylation is 1. The molecule has 1 heterocycles. The Kier molecular flexibility index (Phi) is 8.17. The zero-order chi connectivity index (χ0) is 28.1. The highest BCUT2D eigenvalue weighted by molar-refractivity contribution is 8.18. The van der Waals surface area contributed by atoms with Gasteiger partial charge in [0.1, 0.15) is 18.1 Å². The first kappa shape index (κ1) is 27.0. The van der Waals surface area contributed by atoms with Crippen LogP contribution in [-0.2, 0) is 9.59 Å². The van der Waals surface area contributed by atoms with E-state index < -0.39 is 0 Å². The van der Waals surface area contributed by atoms with Crippen molar-refractivity contribution in [1.82, 2.24) is 4.90 Å². The second kappa shape index (κ2) is 12.1. The molecule has 8 heteroatoms. The molecular weight excluding hydrogens is 524 g/mol. The van der Waals surface area contributed by atoms with Gasteiger partial charge < -0.3 is 14.8 Å². The van der Waals surface area contributed by atoms with Crippen LogP contribution in [0.1, 0.15) is 16.7 Å². The molecule has 0 aliphatic carbocycles. The molecule has 3 amide bonds. The number of rotatable bonds is 9.